The van der Waals surface area contributed by atoms with Crippen LogP contribution in [0.3, 0.4) is 0 Å². The molecule has 0 aliphatic heterocycles. The number of methoxy groups -OCH3 is 1. The molecule has 0 amide bonds. The van der Waals surface area contributed by atoms with E-state index in [1.54, 1.807) is 20.1 Å². The quantitative estimate of drug-likeness (QED) is 0.615. The van der Waals surface area contributed by atoms with Gasteiger partial charge in [0.2, 0.25) is 5.95 Å². The van der Waals surface area contributed by atoms with Crippen LogP contribution in [-0.4, -0.2) is 42.9 Å². The summed E-state index contributed by atoms with van der Waals surface area (Å²) in [6.45, 7) is 2.99. The van der Waals surface area contributed by atoms with Crippen LogP contribution >= 0.6 is 0 Å². The summed E-state index contributed by atoms with van der Waals surface area (Å²) in [7, 11) is 1.62. The number of ether oxygens (including phenoxy) is 3. The Hall–Kier alpha value is -2.67. The number of benzene rings is 1. The molecule has 0 saturated carbocycles. The van der Waals surface area contributed by atoms with E-state index in [9.17, 15) is 4.79 Å². The van der Waals surface area contributed by atoms with Crippen LogP contribution in [0.25, 0.3) is 11.3 Å². The van der Waals surface area contributed by atoms with E-state index in [4.69, 9.17) is 19.9 Å². The lowest BCUT2D eigenvalue weighted by molar-refractivity contribution is 0.0519. The molecule has 0 atom stereocenters. The number of nitrogens with zero attached hydrogens (tertiary/aromatic N) is 2. The van der Waals surface area contributed by atoms with E-state index in [-0.39, 0.29) is 18.2 Å². The van der Waals surface area contributed by atoms with Gasteiger partial charge in [0.1, 0.15) is 12.4 Å². The van der Waals surface area contributed by atoms with Crippen molar-refractivity contribution in [3.63, 3.8) is 0 Å². The minimum Gasteiger partial charge on any atom is -0.491 e. The monoisotopic (exact) mass is 317 g/mol. The van der Waals surface area contributed by atoms with Gasteiger partial charge < -0.3 is 19.9 Å². The summed E-state index contributed by atoms with van der Waals surface area (Å²) >= 11 is 0. The fourth-order valence-corrected chi connectivity index (χ4v) is 1.89. The zero-order valence-electron chi connectivity index (χ0n) is 13.1. The number of carbonyl (C=O) groups excluding carboxylic acids is 1. The maximum absolute atomic E-state index is 11.8. The standard InChI is InChI=1S/C16H19N3O4/c1-3-22-15(20)14-10-13(18-16(17)19-14)11-4-6-12(7-5-11)23-9-8-21-2/h4-7,10H,3,8-9H2,1-2H3,(H2,17,18,19). The van der Waals surface area contributed by atoms with Gasteiger partial charge in [-0.25, -0.2) is 14.8 Å². The first-order valence-electron chi connectivity index (χ1n) is 7.18. The van der Waals surface area contributed by atoms with E-state index >= 15 is 0 Å². The van der Waals surface area contributed by atoms with Gasteiger partial charge in [0.15, 0.2) is 5.69 Å². The minimum atomic E-state index is -0.526. The number of hydrogen-bond acceptors (Lipinski definition) is 7. The van der Waals surface area contributed by atoms with Crippen molar-refractivity contribution in [3.05, 3.63) is 36.0 Å². The lowest BCUT2D eigenvalue weighted by Crippen LogP contribution is -2.10. The van der Waals surface area contributed by atoms with Gasteiger partial charge >= 0.3 is 5.97 Å². The van der Waals surface area contributed by atoms with E-state index in [0.29, 0.717) is 18.9 Å². The van der Waals surface area contributed by atoms with Crippen molar-refractivity contribution in [1.82, 2.24) is 9.97 Å². The SMILES string of the molecule is CCOC(=O)c1cc(-c2ccc(OCCOC)cc2)nc(N)n1. The smallest absolute Gasteiger partial charge is 0.357 e. The number of esters is 1. The van der Waals surface area contributed by atoms with Crippen LogP contribution < -0.4 is 10.5 Å². The molecule has 0 unspecified atom stereocenters. The Kier molecular flexibility index (Phi) is 5.87. The van der Waals surface area contributed by atoms with Crippen LogP contribution in [-0.2, 0) is 9.47 Å². The molecule has 2 aromatic rings. The van der Waals surface area contributed by atoms with E-state index in [1.807, 2.05) is 24.3 Å². The van der Waals surface area contributed by atoms with E-state index in [1.165, 1.54) is 0 Å². The second-order valence-corrected chi connectivity index (χ2v) is 4.58. The molecule has 1 aromatic heterocycles. The first-order chi connectivity index (χ1) is 11.1. The molecule has 7 nitrogen and oxygen atoms in total. The van der Waals surface area contributed by atoms with Gasteiger partial charge in [-0.3, -0.25) is 0 Å². The molecule has 1 heterocycles. The summed E-state index contributed by atoms with van der Waals surface area (Å²) in [5, 5.41) is 0. The lowest BCUT2D eigenvalue weighted by atomic mass is 10.1. The van der Waals surface area contributed by atoms with Crippen molar-refractivity contribution >= 4 is 11.9 Å². The Bertz CT molecular complexity index is 659. The molecular weight excluding hydrogens is 298 g/mol. The summed E-state index contributed by atoms with van der Waals surface area (Å²) in [4.78, 5) is 19.8. The Morgan fingerprint density at radius 1 is 1.17 bits per heavy atom. The van der Waals surface area contributed by atoms with E-state index in [2.05, 4.69) is 9.97 Å². The van der Waals surface area contributed by atoms with Crippen LogP contribution in [0.4, 0.5) is 5.95 Å². The summed E-state index contributed by atoms with van der Waals surface area (Å²) in [5.74, 6) is 0.215. The number of carbonyl (C=O) groups is 1. The topological polar surface area (TPSA) is 96.6 Å². The van der Waals surface area contributed by atoms with Crippen molar-refractivity contribution in [3.8, 4) is 17.0 Å². The van der Waals surface area contributed by atoms with Crippen molar-refractivity contribution < 1.29 is 19.0 Å². The average Bonchev–Trinajstić information content (AvgIpc) is 2.55. The van der Waals surface area contributed by atoms with Crippen molar-refractivity contribution in [2.75, 3.05) is 32.7 Å². The van der Waals surface area contributed by atoms with Gasteiger partial charge in [-0.15, -0.1) is 0 Å². The second-order valence-electron chi connectivity index (χ2n) is 4.58. The van der Waals surface area contributed by atoms with Gasteiger partial charge in [0, 0.05) is 12.7 Å². The number of rotatable bonds is 7. The van der Waals surface area contributed by atoms with Gasteiger partial charge in [0.25, 0.3) is 0 Å². The third-order valence-corrected chi connectivity index (χ3v) is 2.93. The molecule has 0 fully saturated rings. The van der Waals surface area contributed by atoms with Crippen LogP contribution in [0.5, 0.6) is 5.75 Å². The third-order valence-electron chi connectivity index (χ3n) is 2.93. The summed E-state index contributed by atoms with van der Waals surface area (Å²) in [5.41, 5.74) is 7.15. The number of aromatic nitrogens is 2. The molecular formula is C16H19N3O4. The molecule has 0 radical (unpaired) electrons. The predicted octanol–water partition coefficient (Wildman–Crippen LogP) is 1.93. The highest BCUT2D eigenvalue weighted by Crippen LogP contribution is 2.22. The normalized spacial score (nSPS) is 10.3. The average molecular weight is 317 g/mol. The Morgan fingerprint density at radius 2 is 1.91 bits per heavy atom. The number of nitrogens with two attached hydrogens (primary N) is 1. The van der Waals surface area contributed by atoms with Gasteiger partial charge in [-0.1, -0.05) is 0 Å². The molecule has 23 heavy (non-hydrogen) atoms. The number of hydrogen-bond donors (Lipinski definition) is 1. The van der Waals surface area contributed by atoms with Crippen LogP contribution in [0, 0.1) is 0 Å². The molecule has 0 saturated heterocycles. The molecule has 1 aromatic carbocycles. The Morgan fingerprint density at radius 3 is 2.57 bits per heavy atom. The second kappa shape index (κ2) is 8.09. The van der Waals surface area contributed by atoms with Crippen LogP contribution in [0.2, 0.25) is 0 Å². The van der Waals surface area contributed by atoms with Crippen molar-refractivity contribution in [1.29, 1.82) is 0 Å². The maximum atomic E-state index is 11.8. The fraction of sp³-hybridized carbons (Fsp3) is 0.312. The maximum Gasteiger partial charge on any atom is 0.357 e. The number of nitrogen functional groups attached to an aromatic ring is 1. The highest BCUT2D eigenvalue weighted by atomic mass is 16.5. The molecule has 0 aliphatic carbocycles. The fourth-order valence-electron chi connectivity index (χ4n) is 1.89. The summed E-state index contributed by atoms with van der Waals surface area (Å²) in [6.07, 6.45) is 0. The van der Waals surface area contributed by atoms with Crippen molar-refractivity contribution in [2.45, 2.75) is 6.92 Å². The molecule has 2 N–H and O–H groups in total. The van der Waals surface area contributed by atoms with Gasteiger partial charge in [0.05, 0.1) is 18.9 Å². The highest BCUT2D eigenvalue weighted by Gasteiger charge is 2.12. The van der Waals surface area contributed by atoms with Gasteiger partial charge in [-0.2, -0.15) is 0 Å². The molecule has 7 heteroatoms. The van der Waals surface area contributed by atoms with E-state index < -0.39 is 5.97 Å². The minimum absolute atomic E-state index is 0.0194. The third kappa shape index (κ3) is 4.65. The number of anilines is 1. The van der Waals surface area contributed by atoms with Crippen molar-refractivity contribution in [2.24, 2.45) is 0 Å². The molecule has 0 spiro atoms. The molecule has 122 valence electrons. The highest BCUT2D eigenvalue weighted by molar-refractivity contribution is 5.88. The molecule has 0 bridgehead atoms. The first kappa shape index (κ1) is 16.7. The van der Waals surface area contributed by atoms with Crippen LogP contribution in [0.15, 0.2) is 30.3 Å². The summed E-state index contributed by atoms with van der Waals surface area (Å²) < 4.78 is 15.4. The first-order valence-corrected chi connectivity index (χ1v) is 7.18. The largest absolute Gasteiger partial charge is 0.491 e. The zero-order chi connectivity index (χ0) is 16.7. The predicted molar refractivity (Wildman–Crippen MR) is 85.2 cm³/mol. The molecule has 2 rings (SSSR count). The zero-order valence-corrected chi connectivity index (χ0v) is 13.1. The Labute approximate surface area is 134 Å². The van der Waals surface area contributed by atoms with E-state index in [0.717, 1.165) is 11.3 Å². The molecule has 0 aliphatic rings. The lowest BCUT2D eigenvalue weighted by Gasteiger charge is -2.08. The summed E-state index contributed by atoms with van der Waals surface area (Å²) in [6, 6.07) is 8.84. The van der Waals surface area contributed by atoms with Crippen LogP contribution in [0.1, 0.15) is 17.4 Å². The van der Waals surface area contributed by atoms with Gasteiger partial charge in [-0.05, 0) is 37.3 Å². The Balaban J connectivity index is 2.19.